The molecule has 1 aromatic rings. The predicted molar refractivity (Wildman–Crippen MR) is 105 cm³/mol. The molecule has 0 unspecified atom stereocenters. The van der Waals surface area contributed by atoms with Crippen molar-refractivity contribution in [3.8, 4) is 0 Å². The van der Waals surface area contributed by atoms with E-state index in [4.69, 9.17) is 9.72 Å². The van der Waals surface area contributed by atoms with E-state index in [2.05, 4.69) is 32.7 Å². The Hall–Kier alpha value is -1.40. The first-order valence-corrected chi connectivity index (χ1v) is 10.4. The van der Waals surface area contributed by atoms with Crippen molar-refractivity contribution >= 4 is 11.8 Å². The van der Waals surface area contributed by atoms with Gasteiger partial charge >= 0.3 is 0 Å². The third kappa shape index (κ3) is 4.46. The van der Waals surface area contributed by atoms with Crippen molar-refractivity contribution in [3.05, 3.63) is 11.8 Å². The Morgan fingerprint density at radius 3 is 2.38 bits per heavy atom. The van der Waals surface area contributed by atoms with Gasteiger partial charge in [-0.25, -0.2) is 4.98 Å². The van der Waals surface area contributed by atoms with E-state index in [0.29, 0.717) is 0 Å². The van der Waals surface area contributed by atoms with Crippen LogP contribution >= 0.6 is 0 Å². The van der Waals surface area contributed by atoms with E-state index < -0.39 is 0 Å². The minimum absolute atomic E-state index is 0.770. The minimum Gasteiger partial charge on any atom is -0.378 e. The molecule has 4 rings (SSSR count). The van der Waals surface area contributed by atoms with Crippen molar-refractivity contribution in [2.75, 3.05) is 68.8 Å². The second-order valence-electron chi connectivity index (χ2n) is 8.06. The number of morpholine rings is 1. The molecule has 2 saturated heterocycles. The summed E-state index contributed by atoms with van der Waals surface area (Å²) < 4.78 is 5.46. The van der Waals surface area contributed by atoms with Crippen LogP contribution in [0.5, 0.6) is 0 Å². The Morgan fingerprint density at radius 1 is 0.923 bits per heavy atom. The highest BCUT2D eigenvalue weighted by Crippen LogP contribution is 2.25. The van der Waals surface area contributed by atoms with E-state index in [1.807, 2.05) is 0 Å². The molecule has 3 fully saturated rings. The van der Waals surface area contributed by atoms with E-state index >= 15 is 0 Å². The van der Waals surface area contributed by atoms with Crippen LogP contribution < -0.4 is 9.80 Å². The number of aryl methyl sites for hydroxylation is 1. The lowest BCUT2D eigenvalue weighted by atomic mass is 9.89. The van der Waals surface area contributed by atoms with Crippen molar-refractivity contribution in [2.24, 2.45) is 5.92 Å². The smallest absolute Gasteiger partial charge is 0.227 e. The Morgan fingerprint density at radius 2 is 1.65 bits per heavy atom. The van der Waals surface area contributed by atoms with Crippen LogP contribution in [-0.2, 0) is 4.74 Å². The van der Waals surface area contributed by atoms with Crippen LogP contribution in [-0.4, -0.2) is 73.9 Å². The molecule has 144 valence electrons. The molecule has 0 spiro atoms. The van der Waals surface area contributed by atoms with E-state index in [1.54, 1.807) is 0 Å². The average Bonchev–Trinajstić information content (AvgIpc) is 2.70. The molecule has 2 aliphatic heterocycles. The van der Waals surface area contributed by atoms with Gasteiger partial charge in [-0.05, 0) is 25.7 Å². The lowest BCUT2D eigenvalue weighted by Gasteiger charge is -2.38. The molecule has 3 aliphatic rings. The third-order valence-corrected chi connectivity index (χ3v) is 6.06. The van der Waals surface area contributed by atoms with Crippen LogP contribution in [0.4, 0.5) is 11.8 Å². The van der Waals surface area contributed by atoms with Crippen molar-refractivity contribution in [3.63, 3.8) is 0 Å². The maximum Gasteiger partial charge on any atom is 0.227 e. The van der Waals surface area contributed by atoms with Crippen LogP contribution in [0.25, 0.3) is 0 Å². The van der Waals surface area contributed by atoms with Crippen molar-refractivity contribution in [1.29, 1.82) is 0 Å². The summed E-state index contributed by atoms with van der Waals surface area (Å²) in [6, 6.07) is 2.14. The zero-order chi connectivity index (χ0) is 17.8. The molecule has 0 radical (unpaired) electrons. The maximum absolute atomic E-state index is 5.46. The topological polar surface area (TPSA) is 44.7 Å². The van der Waals surface area contributed by atoms with Crippen molar-refractivity contribution in [1.82, 2.24) is 14.9 Å². The fourth-order valence-corrected chi connectivity index (χ4v) is 4.50. The summed E-state index contributed by atoms with van der Waals surface area (Å²) in [6.07, 6.45) is 7.20. The molecule has 6 nitrogen and oxygen atoms in total. The SMILES string of the molecule is Cc1cc(N2CCN(CC3CCCCC3)CC2)nc(N2CCOCC2)n1. The standard InChI is InChI=1S/C20H33N5O/c1-17-15-19(22-20(21-17)25-11-13-26-14-12-25)24-9-7-23(8-10-24)16-18-5-3-2-4-6-18/h15,18H,2-14,16H2,1H3. The molecular formula is C20H33N5O. The first-order valence-electron chi connectivity index (χ1n) is 10.4. The molecule has 1 aromatic heterocycles. The zero-order valence-electron chi connectivity index (χ0n) is 16.2. The molecule has 0 bridgehead atoms. The summed E-state index contributed by atoms with van der Waals surface area (Å²) in [6.45, 7) is 11.2. The fourth-order valence-electron chi connectivity index (χ4n) is 4.50. The minimum atomic E-state index is 0.770. The van der Waals surface area contributed by atoms with Crippen LogP contribution in [0.2, 0.25) is 0 Å². The molecule has 1 aliphatic carbocycles. The monoisotopic (exact) mass is 359 g/mol. The summed E-state index contributed by atoms with van der Waals surface area (Å²) >= 11 is 0. The lowest BCUT2D eigenvalue weighted by molar-refractivity contribution is 0.122. The van der Waals surface area contributed by atoms with Crippen LogP contribution in [0.3, 0.4) is 0 Å². The zero-order valence-corrected chi connectivity index (χ0v) is 16.2. The Bertz CT molecular complexity index is 576. The number of nitrogens with zero attached hydrogens (tertiary/aromatic N) is 5. The van der Waals surface area contributed by atoms with Crippen molar-refractivity contribution < 1.29 is 4.74 Å². The Kier molecular flexibility index (Phi) is 5.90. The first-order chi connectivity index (χ1) is 12.8. The Balaban J connectivity index is 1.35. The predicted octanol–water partition coefficient (Wildman–Crippen LogP) is 2.32. The molecule has 0 atom stereocenters. The van der Waals surface area contributed by atoms with E-state index in [1.165, 1.54) is 38.6 Å². The van der Waals surface area contributed by atoms with Gasteiger partial charge < -0.3 is 14.5 Å². The van der Waals surface area contributed by atoms with Gasteiger partial charge in [0.2, 0.25) is 5.95 Å². The molecule has 0 aromatic carbocycles. The van der Waals surface area contributed by atoms with Gasteiger partial charge in [-0.15, -0.1) is 0 Å². The quantitative estimate of drug-likeness (QED) is 0.822. The summed E-state index contributed by atoms with van der Waals surface area (Å²) in [5.41, 5.74) is 1.06. The molecular weight excluding hydrogens is 326 g/mol. The fraction of sp³-hybridized carbons (Fsp3) is 0.800. The maximum atomic E-state index is 5.46. The summed E-state index contributed by atoms with van der Waals surface area (Å²) in [5.74, 6) is 2.90. The van der Waals surface area contributed by atoms with Gasteiger partial charge in [-0.2, -0.15) is 4.98 Å². The summed E-state index contributed by atoms with van der Waals surface area (Å²) in [5, 5.41) is 0. The average molecular weight is 360 g/mol. The summed E-state index contributed by atoms with van der Waals surface area (Å²) in [4.78, 5) is 16.9. The highest BCUT2D eigenvalue weighted by molar-refractivity contribution is 5.46. The van der Waals surface area contributed by atoms with Crippen molar-refractivity contribution in [2.45, 2.75) is 39.0 Å². The van der Waals surface area contributed by atoms with Gasteiger partial charge in [0.15, 0.2) is 0 Å². The van der Waals surface area contributed by atoms with Gasteiger partial charge in [0.25, 0.3) is 0 Å². The number of anilines is 2. The van der Waals surface area contributed by atoms with Crippen LogP contribution in [0.1, 0.15) is 37.8 Å². The molecule has 1 saturated carbocycles. The molecule has 0 amide bonds. The Labute approximate surface area is 157 Å². The normalized spacial score (nSPS) is 23.4. The molecule has 6 heteroatoms. The van der Waals surface area contributed by atoms with Crippen LogP contribution in [0.15, 0.2) is 6.07 Å². The lowest BCUT2D eigenvalue weighted by Crippen LogP contribution is -2.48. The third-order valence-electron chi connectivity index (χ3n) is 6.06. The number of hydrogen-bond acceptors (Lipinski definition) is 6. The molecule has 0 N–H and O–H groups in total. The van der Waals surface area contributed by atoms with E-state index in [-0.39, 0.29) is 0 Å². The molecule has 3 heterocycles. The number of hydrogen-bond donors (Lipinski definition) is 0. The largest absolute Gasteiger partial charge is 0.378 e. The highest BCUT2D eigenvalue weighted by atomic mass is 16.5. The van der Waals surface area contributed by atoms with Gasteiger partial charge in [-0.3, -0.25) is 4.90 Å². The highest BCUT2D eigenvalue weighted by Gasteiger charge is 2.23. The number of ether oxygens (including phenoxy) is 1. The second kappa shape index (κ2) is 8.53. The number of piperazine rings is 1. The second-order valence-corrected chi connectivity index (χ2v) is 8.06. The number of rotatable bonds is 4. The van der Waals surface area contributed by atoms with Gasteiger partial charge in [0.1, 0.15) is 5.82 Å². The van der Waals surface area contributed by atoms with Gasteiger partial charge in [-0.1, -0.05) is 19.3 Å². The molecule has 26 heavy (non-hydrogen) atoms. The van der Waals surface area contributed by atoms with Gasteiger partial charge in [0.05, 0.1) is 13.2 Å². The van der Waals surface area contributed by atoms with E-state index in [0.717, 1.165) is 75.9 Å². The number of aromatic nitrogens is 2. The van der Waals surface area contributed by atoms with Gasteiger partial charge in [0, 0.05) is 57.6 Å². The van der Waals surface area contributed by atoms with E-state index in [9.17, 15) is 0 Å². The van der Waals surface area contributed by atoms with Crippen LogP contribution in [0, 0.1) is 12.8 Å². The first kappa shape index (κ1) is 18.0. The summed E-state index contributed by atoms with van der Waals surface area (Å²) in [7, 11) is 0.